The molecule has 0 aliphatic carbocycles. The summed E-state index contributed by atoms with van der Waals surface area (Å²) < 4.78 is 32.5. The molecule has 0 bridgehead atoms. The summed E-state index contributed by atoms with van der Waals surface area (Å²) in [6.45, 7) is 2.27. The van der Waals surface area contributed by atoms with E-state index in [9.17, 15) is 8.42 Å². The predicted molar refractivity (Wildman–Crippen MR) is 83.1 cm³/mol. The van der Waals surface area contributed by atoms with E-state index in [0.29, 0.717) is 24.2 Å². The maximum Gasteiger partial charge on any atom is 0.242 e. The van der Waals surface area contributed by atoms with E-state index in [1.807, 2.05) is 11.9 Å². The Morgan fingerprint density at radius 2 is 2.10 bits per heavy atom. The average molecular weight is 366 g/mol. The number of nitrogens with one attached hydrogen (secondary N) is 1. The molecule has 8 heteroatoms. The molecular formula is C12H20BrN3O3S. The first-order chi connectivity index (χ1) is 9.36. The molecule has 0 saturated heterocycles. The Morgan fingerprint density at radius 1 is 1.40 bits per heavy atom. The minimum atomic E-state index is -3.59. The second-order valence-corrected chi connectivity index (χ2v) is 7.03. The molecule has 0 aromatic heterocycles. The second kappa shape index (κ2) is 7.94. The van der Waals surface area contributed by atoms with Crippen LogP contribution in [0.15, 0.2) is 27.6 Å². The molecule has 0 heterocycles. The summed E-state index contributed by atoms with van der Waals surface area (Å²) in [4.78, 5) is 2.07. The van der Waals surface area contributed by atoms with Gasteiger partial charge < -0.3 is 15.4 Å². The van der Waals surface area contributed by atoms with Crippen molar-refractivity contribution in [3.63, 3.8) is 0 Å². The van der Waals surface area contributed by atoms with E-state index in [0.717, 1.165) is 6.54 Å². The molecule has 0 radical (unpaired) electrons. The van der Waals surface area contributed by atoms with Crippen LogP contribution in [0.4, 0.5) is 5.69 Å². The fourth-order valence-electron chi connectivity index (χ4n) is 1.55. The normalized spacial score (nSPS) is 12.0. The Kier molecular flexibility index (Phi) is 6.90. The number of nitrogen functional groups attached to an aromatic ring is 1. The largest absolute Gasteiger partial charge is 0.398 e. The Labute approximate surface area is 128 Å². The number of rotatable bonds is 8. The zero-order valence-electron chi connectivity index (χ0n) is 11.6. The van der Waals surface area contributed by atoms with Crippen LogP contribution in [0, 0.1) is 0 Å². The van der Waals surface area contributed by atoms with Crippen molar-refractivity contribution in [2.75, 3.05) is 46.1 Å². The van der Waals surface area contributed by atoms with Gasteiger partial charge in [-0.3, -0.25) is 0 Å². The summed E-state index contributed by atoms with van der Waals surface area (Å²) in [7, 11) is -0.0574. The Morgan fingerprint density at radius 3 is 2.75 bits per heavy atom. The molecule has 0 saturated carbocycles. The second-order valence-electron chi connectivity index (χ2n) is 4.38. The number of likely N-dealkylation sites (N-methyl/N-ethyl adjacent to an activating group) is 1. The Balaban J connectivity index is 2.60. The average Bonchev–Trinajstić information content (AvgIpc) is 2.38. The summed E-state index contributed by atoms with van der Waals surface area (Å²) in [5.41, 5.74) is 5.94. The van der Waals surface area contributed by atoms with Crippen LogP contribution in [0.2, 0.25) is 0 Å². The smallest absolute Gasteiger partial charge is 0.242 e. The third-order valence-corrected chi connectivity index (χ3v) is 4.74. The van der Waals surface area contributed by atoms with Gasteiger partial charge in [-0.15, -0.1) is 0 Å². The highest BCUT2D eigenvalue weighted by molar-refractivity contribution is 9.10. The van der Waals surface area contributed by atoms with Gasteiger partial charge in [-0.2, -0.15) is 0 Å². The predicted octanol–water partition coefficient (Wildman–Crippen LogP) is 0.888. The highest BCUT2D eigenvalue weighted by Gasteiger charge is 2.17. The summed E-state index contributed by atoms with van der Waals surface area (Å²) in [5.74, 6) is 0. The fourth-order valence-corrected chi connectivity index (χ4v) is 3.24. The lowest BCUT2D eigenvalue weighted by molar-refractivity contribution is 0.162. The van der Waals surface area contributed by atoms with Crippen LogP contribution >= 0.6 is 15.9 Å². The van der Waals surface area contributed by atoms with E-state index >= 15 is 0 Å². The van der Waals surface area contributed by atoms with E-state index < -0.39 is 10.0 Å². The number of ether oxygens (including phenoxy) is 1. The molecule has 1 aromatic rings. The number of anilines is 1. The maximum absolute atomic E-state index is 12.1. The van der Waals surface area contributed by atoms with Gasteiger partial charge in [0.15, 0.2) is 0 Å². The van der Waals surface area contributed by atoms with Crippen molar-refractivity contribution in [3.05, 3.63) is 22.7 Å². The van der Waals surface area contributed by atoms with Crippen molar-refractivity contribution in [2.45, 2.75) is 4.90 Å². The number of hydrogen-bond acceptors (Lipinski definition) is 5. The molecule has 1 rings (SSSR count). The Hall–Kier alpha value is -0.670. The van der Waals surface area contributed by atoms with E-state index in [4.69, 9.17) is 10.5 Å². The van der Waals surface area contributed by atoms with Gasteiger partial charge in [0.1, 0.15) is 4.90 Å². The molecular weight excluding hydrogens is 346 g/mol. The highest BCUT2D eigenvalue weighted by atomic mass is 79.9. The van der Waals surface area contributed by atoms with E-state index in [2.05, 4.69) is 20.7 Å². The number of nitrogens with two attached hydrogens (primary N) is 1. The lowest BCUT2D eigenvalue weighted by Crippen LogP contribution is -2.34. The first kappa shape index (κ1) is 17.4. The van der Waals surface area contributed by atoms with Crippen LogP contribution < -0.4 is 10.5 Å². The van der Waals surface area contributed by atoms with Crippen LogP contribution in [0.5, 0.6) is 0 Å². The number of hydrogen-bond donors (Lipinski definition) is 2. The van der Waals surface area contributed by atoms with Crippen LogP contribution in [-0.4, -0.2) is 53.7 Å². The van der Waals surface area contributed by atoms with E-state index in [1.54, 1.807) is 19.2 Å². The monoisotopic (exact) mass is 365 g/mol. The van der Waals surface area contributed by atoms with Crippen LogP contribution in [0.1, 0.15) is 0 Å². The lowest BCUT2D eigenvalue weighted by atomic mass is 10.3. The van der Waals surface area contributed by atoms with Crippen molar-refractivity contribution in [1.29, 1.82) is 0 Å². The summed E-state index contributed by atoms with van der Waals surface area (Å²) in [5, 5.41) is 0. The van der Waals surface area contributed by atoms with E-state index in [-0.39, 0.29) is 10.6 Å². The first-order valence-corrected chi connectivity index (χ1v) is 8.36. The van der Waals surface area contributed by atoms with Crippen LogP contribution in [0.3, 0.4) is 0 Å². The quantitative estimate of drug-likeness (QED) is 0.668. The van der Waals surface area contributed by atoms with Crippen molar-refractivity contribution < 1.29 is 13.2 Å². The van der Waals surface area contributed by atoms with Gasteiger partial charge >= 0.3 is 0 Å². The van der Waals surface area contributed by atoms with Gasteiger partial charge in [0.05, 0.1) is 12.3 Å². The molecule has 3 N–H and O–H groups in total. The standard InChI is InChI=1S/C12H20BrN3O3S/c1-16(7-8-19-2)6-5-15-20(17,18)12-9-10(13)3-4-11(12)14/h3-4,9,15H,5-8,14H2,1-2H3. The number of methoxy groups -OCH3 is 1. The molecule has 0 aliphatic heterocycles. The first-order valence-electron chi connectivity index (χ1n) is 6.09. The maximum atomic E-state index is 12.1. The highest BCUT2D eigenvalue weighted by Crippen LogP contribution is 2.22. The topological polar surface area (TPSA) is 84.7 Å². The van der Waals surface area contributed by atoms with E-state index in [1.165, 1.54) is 6.07 Å². The van der Waals surface area contributed by atoms with Crippen molar-refractivity contribution in [1.82, 2.24) is 9.62 Å². The fraction of sp³-hybridized carbons (Fsp3) is 0.500. The van der Waals surface area contributed by atoms with Gasteiger partial charge in [0, 0.05) is 31.2 Å². The third-order valence-electron chi connectivity index (χ3n) is 2.73. The Bertz CT molecular complexity index is 537. The van der Waals surface area contributed by atoms with Gasteiger partial charge in [-0.25, -0.2) is 13.1 Å². The SMILES string of the molecule is COCCN(C)CCNS(=O)(=O)c1cc(Br)ccc1N. The van der Waals surface area contributed by atoms with Gasteiger partial charge in [-0.1, -0.05) is 15.9 Å². The zero-order valence-corrected chi connectivity index (χ0v) is 14.0. The molecule has 114 valence electrons. The number of nitrogens with zero attached hydrogens (tertiary/aromatic N) is 1. The number of sulfonamides is 1. The molecule has 0 fully saturated rings. The lowest BCUT2D eigenvalue weighted by Gasteiger charge is -2.16. The number of halogens is 1. The molecule has 1 aromatic carbocycles. The van der Waals surface area contributed by atoms with Crippen LogP contribution in [0.25, 0.3) is 0 Å². The molecule has 0 unspecified atom stereocenters. The zero-order chi connectivity index (χ0) is 15.2. The van der Waals surface area contributed by atoms with Gasteiger partial charge in [-0.05, 0) is 25.2 Å². The molecule has 20 heavy (non-hydrogen) atoms. The summed E-state index contributed by atoms with van der Waals surface area (Å²) >= 11 is 3.24. The molecule has 0 amide bonds. The summed E-state index contributed by atoms with van der Waals surface area (Å²) in [6.07, 6.45) is 0. The molecule has 0 atom stereocenters. The van der Waals surface area contributed by atoms with Gasteiger partial charge in [0.2, 0.25) is 10.0 Å². The number of benzene rings is 1. The van der Waals surface area contributed by atoms with Crippen molar-refractivity contribution in [3.8, 4) is 0 Å². The molecule has 6 nitrogen and oxygen atoms in total. The third kappa shape index (κ3) is 5.37. The minimum absolute atomic E-state index is 0.0893. The van der Waals surface area contributed by atoms with Crippen LogP contribution in [-0.2, 0) is 14.8 Å². The minimum Gasteiger partial charge on any atom is -0.398 e. The van der Waals surface area contributed by atoms with Crippen molar-refractivity contribution in [2.24, 2.45) is 0 Å². The molecule has 0 spiro atoms. The van der Waals surface area contributed by atoms with Gasteiger partial charge in [0.25, 0.3) is 0 Å². The molecule has 0 aliphatic rings. The van der Waals surface area contributed by atoms with Crippen molar-refractivity contribution >= 4 is 31.6 Å². The summed E-state index contributed by atoms with van der Waals surface area (Å²) in [6, 6.07) is 4.75.